The molecule has 3 nitrogen and oxygen atoms in total. The number of anilines is 1. The Balaban J connectivity index is 1.80. The Morgan fingerprint density at radius 1 is 1.17 bits per heavy atom. The van der Waals surface area contributed by atoms with Crippen LogP contribution in [0.25, 0.3) is 10.9 Å². The first-order valence-electron chi connectivity index (χ1n) is 8.17. The Kier molecular flexibility index (Phi) is 3.79. The molecule has 118 valence electrons. The van der Waals surface area contributed by atoms with Gasteiger partial charge in [0.2, 0.25) is 0 Å². The molecule has 0 amide bonds. The Hall–Kier alpha value is -1.91. The lowest BCUT2D eigenvalue weighted by molar-refractivity contribution is 0.894. The van der Waals surface area contributed by atoms with Gasteiger partial charge in [-0.3, -0.25) is 4.98 Å². The molecule has 1 aromatic carbocycles. The minimum absolute atomic E-state index is 0.0723. The van der Waals surface area contributed by atoms with Crippen molar-refractivity contribution in [2.45, 2.75) is 25.8 Å². The molecule has 1 aliphatic heterocycles. The summed E-state index contributed by atoms with van der Waals surface area (Å²) in [5.74, 6) is 0. The number of nitrogens with two attached hydrogens (primary N) is 1. The van der Waals surface area contributed by atoms with Crippen LogP contribution in [0.5, 0.6) is 0 Å². The average molecular weight is 323 g/mol. The first kappa shape index (κ1) is 14.7. The zero-order valence-corrected chi connectivity index (χ0v) is 14.1. The monoisotopic (exact) mass is 323 g/mol. The second-order valence-corrected chi connectivity index (χ2v) is 7.23. The molecule has 0 saturated carbocycles. The van der Waals surface area contributed by atoms with Crippen molar-refractivity contribution in [1.29, 1.82) is 0 Å². The molecule has 4 heteroatoms. The molecule has 3 heterocycles. The molecule has 1 atom stereocenters. The highest BCUT2D eigenvalue weighted by Crippen LogP contribution is 2.32. The van der Waals surface area contributed by atoms with Crippen LogP contribution in [0.3, 0.4) is 0 Å². The van der Waals surface area contributed by atoms with Crippen molar-refractivity contribution in [2.75, 3.05) is 18.0 Å². The zero-order chi connectivity index (χ0) is 15.8. The van der Waals surface area contributed by atoms with Crippen LogP contribution in [0.4, 0.5) is 5.69 Å². The lowest BCUT2D eigenvalue weighted by Gasteiger charge is -2.21. The molecule has 0 aliphatic carbocycles. The maximum atomic E-state index is 6.42. The first-order valence-corrected chi connectivity index (χ1v) is 9.05. The quantitative estimate of drug-likeness (QED) is 0.783. The Morgan fingerprint density at radius 2 is 2.00 bits per heavy atom. The van der Waals surface area contributed by atoms with Gasteiger partial charge in [0.15, 0.2) is 0 Å². The minimum atomic E-state index is -0.0723. The number of benzene rings is 1. The molecule has 1 saturated heterocycles. The van der Waals surface area contributed by atoms with Crippen molar-refractivity contribution in [3.63, 3.8) is 0 Å². The molecular formula is C19H21N3S. The van der Waals surface area contributed by atoms with Gasteiger partial charge in [0.05, 0.1) is 11.6 Å². The molecule has 2 aromatic heterocycles. The van der Waals surface area contributed by atoms with Crippen molar-refractivity contribution in [3.05, 3.63) is 57.9 Å². The van der Waals surface area contributed by atoms with Crippen LogP contribution in [0.2, 0.25) is 0 Å². The number of aromatic nitrogens is 1. The molecule has 3 aromatic rings. The maximum Gasteiger partial charge on any atom is 0.0729 e. The summed E-state index contributed by atoms with van der Waals surface area (Å²) in [7, 11) is 0. The molecule has 23 heavy (non-hydrogen) atoms. The summed E-state index contributed by atoms with van der Waals surface area (Å²) in [4.78, 5) is 8.43. The highest BCUT2D eigenvalue weighted by atomic mass is 32.1. The van der Waals surface area contributed by atoms with Crippen LogP contribution in [0, 0.1) is 6.92 Å². The summed E-state index contributed by atoms with van der Waals surface area (Å²) in [6, 6.07) is 12.8. The summed E-state index contributed by atoms with van der Waals surface area (Å²) in [6.45, 7) is 4.37. The van der Waals surface area contributed by atoms with E-state index in [0.717, 1.165) is 29.9 Å². The molecule has 0 spiro atoms. The summed E-state index contributed by atoms with van der Waals surface area (Å²) in [5.41, 5.74) is 11.0. The van der Waals surface area contributed by atoms with Gasteiger partial charge in [0.1, 0.15) is 0 Å². The van der Waals surface area contributed by atoms with Gasteiger partial charge in [0, 0.05) is 34.7 Å². The van der Waals surface area contributed by atoms with E-state index < -0.39 is 0 Å². The highest BCUT2D eigenvalue weighted by Gasteiger charge is 2.17. The van der Waals surface area contributed by atoms with Crippen LogP contribution in [-0.4, -0.2) is 18.1 Å². The SMILES string of the molecule is Cc1cc(N2CCCC2)c2ccc(C(N)c3cccs3)cc2n1. The standard InChI is InChI=1S/C19H21N3S/c1-13-11-17(22-8-2-3-9-22)15-7-6-14(12-16(15)21-13)19(20)18-5-4-10-23-18/h4-7,10-12,19H,2-3,8-9,20H2,1H3. The molecular weight excluding hydrogens is 302 g/mol. The van der Waals surface area contributed by atoms with Gasteiger partial charge in [-0.2, -0.15) is 0 Å². The van der Waals surface area contributed by atoms with E-state index in [2.05, 4.69) is 53.6 Å². The van der Waals surface area contributed by atoms with Crippen molar-refractivity contribution in [1.82, 2.24) is 4.98 Å². The van der Waals surface area contributed by atoms with E-state index >= 15 is 0 Å². The maximum absolute atomic E-state index is 6.42. The number of fused-ring (bicyclic) bond motifs is 1. The topological polar surface area (TPSA) is 42.1 Å². The average Bonchev–Trinajstić information content (AvgIpc) is 3.26. The number of hydrogen-bond acceptors (Lipinski definition) is 4. The molecule has 0 radical (unpaired) electrons. The van der Waals surface area contributed by atoms with Gasteiger partial charge in [-0.15, -0.1) is 11.3 Å². The number of pyridine rings is 1. The van der Waals surface area contributed by atoms with Crippen molar-refractivity contribution >= 4 is 27.9 Å². The number of nitrogens with zero attached hydrogens (tertiary/aromatic N) is 2. The first-order chi connectivity index (χ1) is 11.2. The molecule has 1 fully saturated rings. The predicted molar refractivity (Wildman–Crippen MR) is 98.3 cm³/mol. The van der Waals surface area contributed by atoms with E-state index in [9.17, 15) is 0 Å². The number of aryl methyl sites for hydroxylation is 1. The second-order valence-electron chi connectivity index (χ2n) is 6.25. The predicted octanol–water partition coefficient (Wildman–Crippen LogP) is 4.25. The van der Waals surface area contributed by atoms with Crippen molar-refractivity contribution in [3.8, 4) is 0 Å². The lowest BCUT2D eigenvalue weighted by Crippen LogP contribution is -2.18. The summed E-state index contributed by atoms with van der Waals surface area (Å²) < 4.78 is 0. The van der Waals surface area contributed by atoms with Crippen molar-refractivity contribution in [2.24, 2.45) is 5.73 Å². The number of hydrogen-bond donors (Lipinski definition) is 1. The summed E-state index contributed by atoms with van der Waals surface area (Å²) in [6.07, 6.45) is 2.56. The fraction of sp³-hybridized carbons (Fsp3) is 0.316. The van der Waals surface area contributed by atoms with E-state index in [1.807, 2.05) is 0 Å². The third-order valence-electron chi connectivity index (χ3n) is 4.60. The van der Waals surface area contributed by atoms with Crippen LogP contribution >= 0.6 is 11.3 Å². The second kappa shape index (κ2) is 5.95. The van der Waals surface area contributed by atoms with E-state index in [0.29, 0.717) is 0 Å². The summed E-state index contributed by atoms with van der Waals surface area (Å²) in [5, 5.41) is 3.31. The highest BCUT2D eigenvalue weighted by molar-refractivity contribution is 7.10. The van der Waals surface area contributed by atoms with Crippen LogP contribution in [-0.2, 0) is 0 Å². The van der Waals surface area contributed by atoms with Crippen LogP contribution in [0.15, 0.2) is 41.8 Å². The Bertz CT molecular complexity index is 820. The fourth-order valence-electron chi connectivity index (χ4n) is 3.40. The number of rotatable bonds is 3. The summed E-state index contributed by atoms with van der Waals surface area (Å²) >= 11 is 1.70. The minimum Gasteiger partial charge on any atom is -0.371 e. The normalized spacial score (nSPS) is 16.2. The van der Waals surface area contributed by atoms with Crippen LogP contribution < -0.4 is 10.6 Å². The third kappa shape index (κ3) is 2.73. The molecule has 2 N–H and O–H groups in total. The fourth-order valence-corrected chi connectivity index (χ4v) is 4.16. The Labute approximate surface area is 140 Å². The lowest BCUT2D eigenvalue weighted by atomic mass is 10.0. The Morgan fingerprint density at radius 3 is 2.74 bits per heavy atom. The van der Waals surface area contributed by atoms with E-state index in [-0.39, 0.29) is 6.04 Å². The van der Waals surface area contributed by atoms with Crippen LogP contribution in [0.1, 0.15) is 35.0 Å². The molecule has 4 rings (SSSR count). The smallest absolute Gasteiger partial charge is 0.0729 e. The van der Waals surface area contributed by atoms with E-state index in [1.54, 1.807) is 11.3 Å². The number of thiophene rings is 1. The zero-order valence-electron chi connectivity index (χ0n) is 13.3. The molecule has 1 unspecified atom stereocenters. The largest absolute Gasteiger partial charge is 0.371 e. The van der Waals surface area contributed by atoms with Crippen molar-refractivity contribution < 1.29 is 0 Å². The molecule has 1 aliphatic rings. The van der Waals surface area contributed by atoms with Gasteiger partial charge in [-0.05, 0) is 48.9 Å². The molecule has 0 bridgehead atoms. The van der Waals surface area contributed by atoms with Gasteiger partial charge in [-0.1, -0.05) is 18.2 Å². The van der Waals surface area contributed by atoms with Gasteiger partial charge in [0.25, 0.3) is 0 Å². The third-order valence-corrected chi connectivity index (χ3v) is 5.55. The van der Waals surface area contributed by atoms with Gasteiger partial charge < -0.3 is 10.6 Å². The van der Waals surface area contributed by atoms with Gasteiger partial charge in [-0.25, -0.2) is 0 Å². The van der Waals surface area contributed by atoms with E-state index in [1.165, 1.54) is 28.8 Å². The van der Waals surface area contributed by atoms with Gasteiger partial charge >= 0.3 is 0 Å². The van der Waals surface area contributed by atoms with E-state index in [4.69, 9.17) is 10.7 Å².